The van der Waals surface area contributed by atoms with E-state index in [9.17, 15) is 4.39 Å². The van der Waals surface area contributed by atoms with Crippen LogP contribution in [0.15, 0.2) is 42.6 Å². The SMILES string of the molecule is N[C@@H]1CCCN([C@H]2Cc3c(Cl)cc(Cl)cc3[C@H]2Oc2ccc(F)cc2-c2ccn[nH]2)C1. The third-order valence-electron chi connectivity index (χ3n) is 6.21. The van der Waals surface area contributed by atoms with Crippen LogP contribution in [0.25, 0.3) is 11.3 Å². The van der Waals surface area contributed by atoms with Crippen molar-refractivity contribution in [1.29, 1.82) is 0 Å². The number of hydrogen-bond acceptors (Lipinski definition) is 4. The highest BCUT2D eigenvalue weighted by molar-refractivity contribution is 6.35. The average Bonchev–Trinajstić information content (AvgIpc) is 3.38. The summed E-state index contributed by atoms with van der Waals surface area (Å²) in [6.07, 6.45) is 4.15. The second kappa shape index (κ2) is 8.43. The molecule has 3 N–H and O–H groups in total. The molecule has 0 spiro atoms. The van der Waals surface area contributed by atoms with E-state index >= 15 is 0 Å². The van der Waals surface area contributed by atoms with Crippen LogP contribution in [-0.2, 0) is 6.42 Å². The number of nitrogens with two attached hydrogens (primary N) is 1. The van der Waals surface area contributed by atoms with Crippen LogP contribution >= 0.6 is 23.2 Å². The van der Waals surface area contributed by atoms with Gasteiger partial charge in [0.2, 0.25) is 0 Å². The van der Waals surface area contributed by atoms with E-state index in [1.54, 1.807) is 24.4 Å². The zero-order valence-corrected chi connectivity index (χ0v) is 18.3. The van der Waals surface area contributed by atoms with Crippen LogP contribution in [0.1, 0.15) is 30.1 Å². The zero-order chi connectivity index (χ0) is 21.5. The summed E-state index contributed by atoms with van der Waals surface area (Å²) in [5.74, 6) is 0.235. The number of nitrogens with one attached hydrogen (secondary N) is 1. The van der Waals surface area contributed by atoms with Gasteiger partial charge in [-0.25, -0.2) is 4.39 Å². The van der Waals surface area contributed by atoms with E-state index in [1.165, 1.54) is 12.1 Å². The van der Waals surface area contributed by atoms with Gasteiger partial charge in [0.1, 0.15) is 17.7 Å². The Hall–Kier alpha value is -2.12. The second-order valence-corrected chi connectivity index (χ2v) is 9.12. The summed E-state index contributed by atoms with van der Waals surface area (Å²) in [6.45, 7) is 1.76. The number of aromatic amines is 1. The lowest BCUT2D eigenvalue weighted by Gasteiger charge is -2.38. The maximum atomic E-state index is 14.1. The fraction of sp³-hybridized carbons (Fsp3) is 0.348. The van der Waals surface area contributed by atoms with Crippen molar-refractivity contribution in [3.8, 4) is 17.0 Å². The highest BCUT2D eigenvalue weighted by Crippen LogP contribution is 2.44. The Kier molecular flexibility index (Phi) is 5.65. The summed E-state index contributed by atoms with van der Waals surface area (Å²) in [6, 6.07) is 10.2. The van der Waals surface area contributed by atoms with Crippen molar-refractivity contribution in [1.82, 2.24) is 15.1 Å². The molecule has 1 aliphatic carbocycles. The summed E-state index contributed by atoms with van der Waals surface area (Å²) in [4.78, 5) is 2.39. The Morgan fingerprint density at radius 1 is 1.19 bits per heavy atom. The number of aromatic nitrogens is 2. The van der Waals surface area contributed by atoms with Gasteiger partial charge in [-0.05, 0) is 67.8 Å². The van der Waals surface area contributed by atoms with Gasteiger partial charge in [0, 0.05) is 40.0 Å². The minimum atomic E-state index is -0.339. The first kappa shape index (κ1) is 20.8. The van der Waals surface area contributed by atoms with Gasteiger partial charge in [0.15, 0.2) is 0 Å². The molecule has 0 unspecified atom stereocenters. The van der Waals surface area contributed by atoms with Crippen molar-refractivity contribution in [2.45, 2.75) is 37.5 Å². The van der Waals surface area contributed by atoms with Crippen LogP contribution < -0.4 is 10.5 Å². The minimum Gasteiger partial charge on any atom is -0.483 e. The largest absolute Gasteiger partial charge is 0.483 e. The number of benzene rings is 2. The van der Waals surface area contributed by atoms with Gasteiger partial charge in [-0.3, -0.25) is 10.00 Å². The van der Waals surface area contributed by atoms with Crippen molar-refractivity contribution in [3.05, 3.63) is 69.6 Å². The van der Waals surface area contributed by atoms with Crippen LogP contribution in [0.2, 0.25) is 10.0 Å². The number of fused-ring (bicyclic) bond motifs is 1. The fourth-order valence-corrected chi connectivity index (χ4v) is 5.36. The van der Waals surface area contributed by atoms with Gasteiger partial charge in [-0.1, -0.05) is 23.2 Å². The summed E-state index contributed by atoms with van der Waals surface area (Å²) < 4.78 is 20.7. The molecule has 5 rings (SSSR count). The lowest BCUT2D eigenvalue weighted by Crippen LogP contribution is -2.49. The minimum absolute atomic E-state index is 0.0667. The smallest absolute Gasteiger partial charge is 0.140 e. The van der Waals surface area contributed by atoms with Crippen LogP contribution in [0.3, 0.4) is 0 Å². The van der Waals surface area contributed by atoms with Gasteiger partial charge in [0.25, 0.3) is 0 Å². The highest BCUT2D eigenvalue weighted by atomic mass is 35.5. The number of halogens is 3. The van der Waals surface area contributed by atoms with Crippen LogP contribution in [0.4, 0.5) is 4.39 Å². The molecule has 1 fully saturated rings. The summed E-state index contributed by atoms with van der Waals surface area (Å²) in [5, 5.41) is 8.11. The summed E-state index contributed by atoms with van der Waals surface area (Å²) in [7, 11) is 0. The first-order valence-electron chi connectivity index (χ1n) is 10.4. The van der Waals surface area contributed by atoms with Crippen molar-refractivity contribution in [2.75, 3.05) is 13.1 Å². The first-order chi connectivity index (χ1) is 15.0. The summed E-state index contributed by atoms with van der Waals surface area (Å²) >= 11 is 12.9. The molecule has 3 aromatic rings. The van der Waals surface area contributed by atoms with Gasteiger partial charge in [-0.2, -0.15) is 5.10 Å². The standard InChI is InChI=1S/C23H23Cl2FN4O/c24-13-8-17-16(19(25)9-13)11-21(30-7-1-2-15(27)12-30)23(17)31-22-4-3-14(26)10-18(22)20-5-6-28-29-20/h3-6,8-10,15,21,23H,1-2,7,11-12,27H2,(H,28,29)/t15-,21+,23-/m1/s1. The molecule has 1 saturated heterocycles. The third kappa shape index (κ3) is 4.05. The number of ether oxygens (including phenoxy) is 1. The predicted molar refractivity (Wildman–Crippen MR) is 120 cm³/mol. The van der Waals surface area contributed by atoms with Gasteiger partial charge in [-0.15, -0.1) is 0 Å². The Bertz CT molecular complexity index is 1090. The number of hydrogen-bond donors (Lipinski definition) is 2. The molecule has 162 valence electrons. The Morgan fingerprint density at radius 3 is 2.84 bits per heavy atom. The van der Waals surface area contributed by atoms with Gasteiger partial charge < -0.3 is 10.5 Å². The lowest BCUT2D eigenvalue weighted by molar-refractivity contribution is 0.0596. The molecule has 2 heterocycles. The molecular weight excluding hydrogens is 438 g/mol. The van der Waals surface area contributed by atoms with Crippen molar-refractivity contribution in [2.24, 2.45) is 5.73 Å². The van der Waals surface area contributed by atoms with Crippen molar-refractivity contribution in [3.63, 3.8) is 0 Å². The number of H-pyrrole nitrogens is 1. The third-order valence-corrected chi connectivity index (χ3v) is 6.76. The number of likely N-dealkylation sites (tertiary alicyclic amines) is 1. The molecule has 1 aromatic heterocycles. The Balaban J connectivity index is 1.56. The maximum Gasteiger partial charge on any atom is 0.140 e. The topological polar surface area (TPSA) is 67.2 Å². The van der Waals surface area contributed by atoms with E-state index < -0.39 is 0 Å². The molecule has 1 aliphatic heterocycles. The van der Waals surface area contributed by atoms with E-state index in [2.05, 4.69) is 15.1 Å². The highest BCUT2D eigenvalue weighted by Gasteiger charge is 2.41. The second-order valence-electron chi connectivity index (χ2n) is 8.27. The molecule has 3 atom stereocenters. The van der Waals surface area contributed by atoms with Gasteiger partial charge in [0.05, 0.1) is 11.7 Å². The fourth-order valence-electron chi connectivity index (χ4n) is 4.78. The molecule has 5 nitrogen and oxygen atoms in total. The zero-order valence-electron chi connectivity index (χ0n) is 16.8. The van der Waals surface area contributed by atoms with Gasteiger partial charge >= 0.3 is 0 Å². The number of nitrogens with zero attached hydrogens (tertiary/aromatic N) is 2. The average molecular weight is 461 g/mol. The lowest BCUT2D eigenvalue weighted by atomic mass is 10.0. The van der Waals surface area contributed by atoms with E-state index in [-0.39, 0.29) is 24.0 Å². The monoisotopic (exact) mass is 460 g/mol. The number of rotatable bonds is 4. The Morgan fingerprint density at radius 2 is 2.06 bits per heavy atom. The van der Waals surface area contributed by atoms with Crippen LogP contribution in [0, 0.1) is 5.82 Å². The molecule has 0 bridgehead atoms. The normalized spacial score (nSPS) is 23.7. The summed E-state index contributed by atoms with van der Waals surface area (Å²) in [5.41, 5.74) is 9.60. The van der Waals surface area contributed by atoms with Crippen LogP contribution in [0.5, 0.6) is 5.75 Å². The van der Waals surface area contributed by atoms with Crippen molar-refractivity contribution < 1.29 is 9.13 Å². The Labute approximate surface area is 190 Å². The molecule has 2 aliphatic rings. The molecule has 2 aromatic carbocycles. The van der Waals surface area contributed by atoms with E-state index in [1.807, 2.05) is 6.07 Å². The van der Waals surface area contributed by atoms with Crippen LogP contribution in [-0.4, -0.2) is 40.3 Å². The quantitative estimate of drug-likeness (QED) is 0.575. The molecule has 31 heavy (non-hydrogen) atoms. The maximum absolute atomic E-state index is 14.1. The van der Waals surface area contributed by atoms with E-state index in [4.69, 9.17) is 33.7 Å². The van der Waals surface area contributed by atoms with Crippen molar-refractivity contribution >= 4 is 23.2 Å². The molecule has 0 radical (unpaired) electrons. The molecular formula is C23H23Cl2FN4O. The van der Waals surface area contributed by atoms with E-state index in [0.29, 0.717) is 27.1 Å². The molecule has 8 heteroatoms. The first-order valence-corrected chi connectivity index (χ1v) is 11.2. The molecule has 0 saturated carbocycles. The number of piperidine rings is 1. The van der Waals surface area contributed by atoms with E-state index in [0.717, 1.165) is 43.5 Å². The predicted octanol–water partition coefficient (Wildman–Crippen LogP) is 4.99. The molecule has 0 amide bonds.